The van der Waals surface area contributed by atoms with Gasteiger partial charge >= 0.3 is 0 Å². The Bertz CT molecular complexity index is 756. The average Bonchev–Trinajstić information content (AvgIpc) is 2.67. The molecule has 2 N–H and O–H groups in total. The predicted octanol–water partition coefficient (Wildman–Crippen LogP) is 2.74. The largest absolute Gasteiger partial charge is 0.354 e. The second-order valence-electron chi connectivity index (χ2n) is 6.81. The number of nitrogens with zero attached hydrogens (tertiary/aromatic N) is 1. The highest BCUT2D eigenvalue weighted by atomic mass is 16.2. The van der Waals surface area contributed by atoms with Crippen LogP contribution in [-0.2, 0) is 16.0 Å². The molecule has 0 saturated heterocycles. The van der Waals surface area contributed by atoms with E-state index in [9.17, 15) is 9.59 Å². The molecule has 0 heterocycles. The highest BCUT2D eigenvalue weighted by Gasteiger charge is 2.19. The van der Waals surface area contributed by atoms with E-state index in [1.54, 1.807) is 0 Å². The molecule has 0 aliphatic rings. The minimum absolute atomic E-state index is 0.127. The van der Waals surface area contributed by atoms with Gasteiger partial charge in [0, 0.05) is 19.9 Å². The van der Waals surface area contributed by atoms with Crippen LogP contribution in [0.3, 0.4) is 0 Å². The molecule has 2 aromatic rings. The zero-order chi connectivity index (χ0) is 19.6. The third-order valence-corrected chi connectivity index (χ3v) is 4.79. The first-order valence-corrected chi connectivity index (χ1v) is 9.78. The van der Waals surface area contributed by atoms with Crippen LogP contribution in [0.2, 0.25) is 0 Å². The zero-order valence-corrected chi connectivity index (χ0v) is 16.6. The molecule has 0 unspecified atom stereocenters. The fourth-order valence-corrected chi connectivity index (χ4v) is 3.23. The Morgan fingerprint density at radius 1 is 1.04 bits per heavy atom. The van der Waals surface area contributed by atoms with Crippen LogP contribution >= 0.6 is 0 Å². The van der Waals surface area contributed by atoms with Crippen LogP contribution in [0.1, 0.15) is 32.8 Å². The van der Waals surface area contributed by atoms with Crippen molar-refractivity contribution in [2.24, 2.45) is 0 Å². The summed E-state index contributed by atoms with van der Waals surface area (Å²) in [5.41, 5.74) is 1.03. The lowest BCUT2D eigenvalue weighted by molar-refractivity contribution is -0.128. The first-order valence-electron chi connectivity index (χ1n) is 9.78. The van der Waals surface area contributed by atoms with Crippen LogP contribution in [0, 0.1) is 0 Å². The van der Waals surface area contributed by atoms with Crippen molar-refractivity contribution in [2.75, 3.05) is 26.2 Å². The van der Waals surface area contributed by atoms with Crippen molar-refractivity contribution < 1.29 is 9.59 Å². The van der Waals surface area contributed by atoms with E-state index in [1.807, 2.05) is 18.2 Å². The predicted molar refractivity (Wildman–Crippen MR) is 111 cm³/mol. The summed E-state index contributed by atoms with van der Waals surface area (Å²) < 4.78 is 0. The van der Waals surface area contributed by atoms with Crippen molar-refractivity contribution in [3.63, 3.8) is 0 Å². The number of nitrogens with one attached hydrogen (secondary N) is 2. The first-order chi connectivity index (χ1) is 13.0. The summed E-state index contributed by atoms with van der Waals surface area (Å²) in [4.78, 5) is 26.5. The van der Waals surface area contributed by atoms with Gasteiger partial charge in [-0.05, 0) is 42.4 Å². The molecule has 27 heavy (non-hydrogen) atoms. The summed E-state index contributed by atoms with van der Waals surface area (Å²) in [6, 6.07) is 13.7. The Labute approximate surface area is 162 Å². The summed E-state index contributed by atoms with van der Waals surface area (Å²) in [6.07, 6.45) is 1.38. The monoisotopic (exact) mass is 369 g/mol. The van der Waals surface area contributed by atoms with Crippen molar-refractivity contribution in [1.29, 1.82) is 0 Å². The fraction of sp³-hybridized carbons (Fsp3) is 0.455. The van der Waals surface area contributed by atoms with Gasteiger partial charge in [0.15, 0.2) is 0 Å². The molecule has 0 aromatic heterocycles. The number of carbonyl (C=O) groups excluding carboxylic acids is 2. The van der Waals surface area contributed by atoms with E-state index in [4.69, 9.17) is 0 Å². The number of rotatable bonds is 10. The molecule has 146 valence electrons. The molecule has 5 nitrogen and oxygen atoms in total. The number of benzene rings is 2. The maximum absolute atomic E-state index is 12.6. The fourth-order valence-electron chi connectivity index (χ4n) is 3.23. The maximum Gasteiger partial charge on any atom is 0.242 e. The number of carbonyl (C=O) groups is 2. The molecular weight excluding hydrogens is 338 g/mol. The van der Waals surface area contributed by atoms with Gasteiger partial charge in [0.2, 0.25) is 11.8 Å². The van der Waals surface area contributed by atoms with Crippen LogP contribution in [0.15, 0.2) is 42.5 Å². The summed E-state index contributed by atoms with van der Waals surface area (Å²) in [6.45, 7) is 9.33. The number of fused-ring (bicyclic) bond motifs is 1. The van der Waals surface area contributed by atoms with Gasteiger partial charge in [-0.1, -0.05) is 56.3 Å². The van der Waals surface area contributed by atoms with Gasteiger partial charge in [0.05, 0.1) is 0 Å². The highest BCUT2D eigenvalue weighted by Crippen LogP contribution is 2.16. The molecule has 2 amide bonds. The molecular formula is C22H31N3O2. The second-order valence-corrected chi connectivity index (χ2v) is 6.81. The van der Waals surface area contributed by atoms with E-state index >= 15 is 0 Å². The van der Waals surface area contributed by atoms with E-state index < -0.39 is 6.04 Å². The molecule has 0 bridgehead atoms. The van der Waals surface area contributed by atoms with Crippen LogP contribution in [-0.4, -0.2) is 48.9 Å². The zero-order valence-electron chi connectivity index (χ0n) is 16.6. The quantitative estimate of drug-likeness (QED) is 0.633. The van der Waals surface area contributed by atoms with Crippen LogP contribution in [0.5, 0.6) is 0 Å². The van der Waals surface area contributed by atoms with E-state index in [2.05, 4.69) is 53.6 Å². The molecule has 0 radical (unpaired) electrons. The number of hydrogen-bond acceptors (Lipinski definition) is 3. The standard InChI is InChI=1S/C22H31N3O2/c1-4-25(5-2)14-8-13-23-22(27)21(24-17(3)26)16-18-11-12-19-9-6-7-10-20(19)15-18/h6-7,9-12,15,21H,4-5,8,13-14,16H2,1-3H3,(H,23,27)(H,24,26)/t21-/m0/s1. The summed E-state index contributed by atoms with van der Waals surface area (Å²) in [5, 5.41) is 8.06. The first kappa shape index (κ1) is 20.9. The normalized spacial score (nSPS) is 12.1. The Balaban J connectivity index is 1.96. The van der Waals surface area contributed by atoms with Gasteiger partial charge in [-0.2, -0.15) is 0 Å². The Kier molecular flexibility index (Phi) is 8.27. The van der Waals surface area contributed by atoms with E-state index in [0.717, 1.165) is 42.4 Å². The van der Waals surface area contributed by atoms with E-state index in [0.29, 0.717) is 13.0 Å². The SMILES string of the molecule is CCN(CC)CCCNC(=O)[C@H](Cc1ccc2ccccc2c1)NC(C)=O. The summed E-state index contributed by atoms with van der Waals surface area (Å²) >= 11 is 0. The lowest BCUT2D eigenvalue weighted by Crippen LogP contribution is -2.47. The number of amides is 2. The van der Waals surface area contributed by atoms with Gasteiger partial charge in [-0.25, -0.2) is 0 Å². The van der Waals surface area contributed by atoms with Gasteiger partial charge in [-0.3, -0.25) is 9.59 Å². The van der Waals surface area contributed by atoms with Gasteiger partial charge in [0.25, 0.3) is 0 Å². The lowest BCUT2D eigenvalue weighted by Gasteiger charge is -2.20. The van der Waals surface area contributed by atoms with Gasteiger partial charge in [-0.15, -0.1) is 0 Å². The van der Waals surface area contributed by atoms with Crippen molar-refractivity contribution in [1.82, 2.24) is 15.5 Å². The third-order valence-electron chi connectivity index (χ3n) is 4.79. The maximum atomic E-state index is 12.6. The molecule has 2 rings (SSSR count). The molecule has 0 spiro atoms. The molecule has 2 aromatic carbocycles. The second kappa shape index (κ2) is 10.7. The summed E-state index contributed by atoms with van der Waals surface area (Å²) in [5.74, 6) is -0.322. The molecule has 0 aliphatic heterocycles. The van der Waals surface area contributed by atoms with Crippen molar-refractivity contribution in [3.8, 4) is 0 Å². The van der Waals surface area contributed by atoms with Crippen molar-refractivity contribution in [3.05, 3.63) is 48.0 Å². The van der Waals surface area contributed by atoms with E-state index in [1.165, 1.54) is 6.92 Å². The van der Waals surface area contributed by atoms with Crippen LogP contribution < -0.4 is 10.6 Å². The Morgan fingerprint density at radius 3 is 2.41 bits per heavy atom. The smallest absolute Gasteiger partial charge is 0.242 e. The van der Waals surface area contributed by atoms with Gasteiger partial charge < -0.3 is 15.5 Å². The van der Waals surface area contributed by atoms with Crippen molar-refractivity contribution in [2.45, 2.75) is 39.7 Å². The van der Waals surface area contributed by atoms with Crippen LogP contribution in [0.4, 0.5) is 0 Å². The Hall–Kier alpha value is -2.40. The summed E-state index contributed by atoms with van der Waals surface area (Å²) in [7, 11) is 0. The minimum Gasteiger partial charge on any atom is -0.354 e. The highest BCUT2D eigenvalue weighted by molar-refractivity contribution is 5.87. The van der Waals surface area contributed by atoms with Crippen molar-refractivity contribution >= 4 is 22.6 Å². The molecule has 0 aliphatic carbocycles. The van der Waals surface area contributed by atoms with E-state index in [-0.39, 0.29) is 11.8 Å². The Morgan fingerprint density at radius 2 is 1.74 bits per heavy atom. The average molecular weight is 370 g/mol. The van der Waals surface area contributed by atoms with Gasteiger partial charge in [0.1, 0.15) is 6.04 Å². The topological polar surface area (TPSA) is 61.4 Å². The molecule has 1 atom stereocenters. The number of hydrogen-bond donors (Lipinski definition) is 2. The van der Waals surface area contributed by atoms with Crippen LogP contribution in [0.25, 0.3) is 10.8 Å². The lowest BCUT2D eigenvalue weighted by atomic mass is 10.0. The molecule has 5 heteroatoms. The molecule has 0 saturated carbocycles. The minimum atomic E-state index is -0.558. The third kappa shape index (κ3) is 6.68. The molecule has 0 fully saturated rings.